The van der Waals surface area contributed by atoms with Gasteiger partial charge in [-0.3, -0.25) is 4.90 Å². The molecule has 1 aliphatic heterocycles. The van der Waals surface area contributed by atoms with E-state index in [0.717, 1.165) is 11.3 Å². The van der Waals surface area contributed by atoms with Gasteiger partial charge in [0.2, 0.25) is 10.0 Å². The summed E-state index contributed by atoms with van der Waals surface area (Å²) >= 11 is 0.751. The molecule has 0 spiro atoms. The molecule has 1 atom stereocenters. The fraction of sp³-hybridized carbons (Fsp3) is 0.600. The SMILES string of the molecule is CCN1Cc2cc(S(N)(=O)=O)sc2S(=O)(=O)C(C)C1. The molecular weight excluding hydrogens is 308 g/mol. The molecule has 0 radical (unpaired) electrons. The van der Waals surface area contributed by atoms with Crippen LogP contribution in [0, 0.1) is 0 Å². The highest BCUT2D eigenvalue weighted by atomic mass is 32.3. The fourth-order valence-corrected chi connectivity index (χ4v) is 6.38. The van der Waals surface area contributed by atoms with E-state index in [-0.39, 0.29) is 8.42 Å². The summed E-state index contributed by atoms with van der Waals surface area (Å²) in [5, 5.41) is 4.52. The number of fused-ring (bicyclic) bond motifs is 1. The number of primary sulfonamides is 1. The fourth-order valence-electron chi connectivity index (χ4n) is 2.07. The molecule has 0 amide bonds. The molecule has 2 rings (SSSR count). The summed E-state index contributed by atoms with van der Waals surface area (Å²) in [4.78, 5) is 1.98. The van der Waals surface area contributed by atoms with E-state index in [4.69, 9.17) is 5.14 Å². The molecule has 0 fully saturated rings. The zero-order valence-corrected chi connectivity index (χ0v) is 13.1. The van der Waals surface area contributed by atoms with Crippen LogP contribution in [0.2, 0.25) is 0 Å². The third-order valence-electron chi connectivity index (χ3n) is 3.17. The minimum absolute atomic E-state index is 0.0915. The van der Waals surface area contributed by atoms with Crippen molar-refractivity contribution >= 4 is 31.2 Å². The van der Waals surface area contributed by atoms with Crippen molar-refractivity contribution in [3.05, 3.63) is 11.6 Å². The Kier molecular flexibility index (Phi) is 3.78. The van der Waals surface area contributed by atoms with Crippen molar-refractivity contribution in [3.8, 4) is 0 Å². The summed E-state index contributed by atoms with van der Waals surface area (Å²) in [6, 6.07) is 1.38. The molecule has 2 N–H and O–H groups in total. The summed E-state index contributed by atoms with van der Waals surface area (Å²) < 4.78 is 47.5. The van der Waals surface area contributed by atoms with E-state index in [2.05, 4.69) is 0 Å². The van der Waals surface area contributed by atoms with Crippen molar-refractivity contribution in [3.63, 3.8) is 0 Å². The number of hydrogen-bond acceptors (Lipinski definition) is 6. The van der Waals surface area contributed by atoms with E-state index < -0.39 is 25.1 Å². The van der Waals surface area contributed by atoms with Gasteiger partial charge in [0.05, 0.1) is 5.25 Å². The summed E-state index contributed by atoms with van der Waals surface area (Å²) in [6.07, 6.45) is 0. The van der Waals surface area contributed by atoms with E-state index in [9.17, 15) is 16.8 Å². The van der Waals surface area contributed by atoms with Crippen LogP contribution in [0.5, 0.6) is 0 Å². The number of thiophene rings is 1. The second-order valence-electron chi connectivity index (χ2n) is 4.61. The lowest BCUT2D eigenvalue weighted by molar-refractivity contribution is 0.284. The predicted molar refractivity (Wildman–Crippen MR) is 73.3 cm³/mol. The number of nitrogens with zero attached hydrogens (tertiary/aromatic N) is 1. The van der Waals surface area contributed by atoms with E-state index in [1.807, 2.05) is 11.8 Å². The second kappa shape index (κ2) is 4.81. The molecule has 0 saturated carbocycles. The van der Waals surface area contributed by atoms with Crippen molar-refractivity contribution < 1.29 is 16.8 Å². The first kappa shape index (κ1) is 14.9. The topological polar surface area (TPSA) is 97.5 Å². The molecule has 0 aromatic carbocycles. The molecule has 0 bridgehead atoms. The lowest BCUT2D eigenvalue weighted by atomic mass is 10.3. The van der Waals surface area contributed by atoms with E-state index in [0.29, 0.717) is 25.2 Å². The first-order chi connectivity index (χ1) is 8.66. The average molecular weight is 324 g/mol. The minimum atomic E-state index is -3.87. The Morgan fingerprint density at radius 2 is 2.16 bits per heavy atom. The zero-order valence-electron chi connectivity index (χ0n) is 10.7. The van der Waals surface area contributed by atoms with Crippen LogP contribution in [0.3, 0.4) is 0 Å². The number of sulfone groups is 1. The lowest BCUT2D eigenvalue weighted by Crippen LogP contribution is -2.31. The number of sulfonamides is 1. The largest absolute Gasteiger partial charge is 0.298 e. The van der Waals surface area contributed by atoms with Gasteiger partial charge in [-0.15, -0.1) is 11.3 Å². The van der Waals surface area contributed by atoms with Gasteiger partial charge in [-0.05, 0) is 25.1 Å². The van der Waals surface area contributed by atoms with Crippen molar-refractivity contribution in [1.29, 1.82) is 0 Å². The summed E-state index contributed by atoms with van der Waals surface area (Å²) in [5.41, 5.74) is 0.528. The molecule has 1 unspecified atom stereocenters. The molecule has 0 aliphatic carbocycles. The molecule has 1 aliphatic rings. The van der Waals surface area contributed by atoms with Crippen LogP contribution in [-0.4, -0.2) is 40.1 Å². The maximum absolute atomic E-state index is 12.4. The van der Waals surface area contributed by atoms with Crippen LogP contribution in [0.1, 0.15) is 19.4 Å². The molecule has 6 nitrogen and oxygen atoms in total. The van der Waals surface area contributed by atoms with Crippen molar-refractivity contribution in [2.45, 2.75) is 34.1 Å². The Hall–Kier alpha value is -0.480. The van der Waals surface area contributed by atoms with Gasteiger partial charge >= 0.3 is 0 Å². The minimum Gasteiger partial charge on any atom is -0.298 e. The van der Waals surface area contributed by atoms with E-state index in [1.165, 1.54) is 6.07 Å². The first-order valence-corrected chi connectivity index (χ1v) is 9.69. The van der Waals surface area contributed by atoms with Gasteiger partial charge in [0, 0.05) is 13.1 Å². The molecular formula is C10H16N2O4S3. The summed E-state index contributed by atoms with van der Waals surface area (Å²) in [5.74, 6) is 0. The van der Waals surface area contributed by atoms with Gasteiger partial charge in [0.25, 0.3) is 0 Å². The molecule has 108 valence electrons. The van der Waals surface area contributed by atoms with Crippen LogP contribution < -0.4 is 5.14 Å². The van der Waals surface area contributed by atoms with Crippen molar-refractivity contribution in [2.75, 3.05) is 13.1 Å². The van der Waals surface area contributed by atoms with Gasteiger partial charge in [0.1, 0.15) is 8.42 Å². The summed E-state index contributed by atoms with van der Waals surface area (Å²) in [6.45, 7) is 5.17. The molecule has 2 heterocycles. The van der Waals surface area contributed by atoms with Gasteiger partial charge in [-0.2, -0.15) is 0 Å². The van der Waals surface area contributed by atoms with E-state index in [1.54, 1.807) is 6.92 Å². The van der Waals surface area contributed by atoms with Crippen LogP contribution in [0.4, 0.5) is 0 Å². The molecule has 1 aromatic rings. The van der Waals surface area contributed by atoms with Crippen LogP contribution in [0.25, 0.3) is 0 Å². The smallest absolute Gasteiger partial charge is 0.247 e. The Labute approximate surface area is 117 Å². The Balaban J connectivity index is 2.63. The molecule has 19 heavy (non-hydrogen) atoms. The normalized spacial score (nSPS) is 23.8. The first-order valence-electron chi connectivity index (χ1n) is 5.78. The van der Waals surface area contributed by atoms with Crippen molar-refractivity contribution in [2.24, 2.45) is 5.14 Å². The second-order valence-corrected chi connectivity index (χ2v) is 10.0. The van der Waals surface area contributed by atoms with Crippen molar-refractivity contribution in [1.82, 2.24) is 4.90 Å². The van der Waals surface area contributed by atoms with Crippen LogP contribution in [-0.2, 0) is 26.4 Å². The standard InChI is InChI=1S/C10H16N2O4S3/c1-3-12-5-7(2)18(13,14)10-8(6-12)4-9(17-10)19(11,15)16/h4,7H,3,5-6H2,1-2H3,(H2,11,15,16). The van der Waals surface area contributed by atoms with E-state index >= 15 is 0 Å². The third-order valence-corrected chi connectivity index (χ3v) is 8.50. The van der Waals surface area contributed by atoms with Crippen LogP contribution >= 0.6 is 11.3 Å². The van der Waals surface area contributed by atoms with Gasteiger partial charge < -0.3 is 0 Å². The van der Waals surface area contributed by atoms with Gasteiger partial charge in [0.15, 0.2) is 9.84 Å². The lowest BCUT2D eigenvalue weighted by Gasteiger charge is -2.19. The Morgan fingerprint density at radius 1 is 1.53 bits per heavy atom. The van der Waals surface area contributed by atoms with Crippen LogP contribution in [0.15, 0.2) is 14.5 Å². The van der Waals surface area contributed by atoms with Gasteiger partial charge in [-0.1, -0.05) is 6.92 Å². The maximum Gasteiger partial charge on any atom is 0.247 e. The summed E-state index contributed by atoms with van der Waals surface area (Å²) in [7, 11) is -7.35. The third kappa shape index (κ3) is 2.70. The number of rotatable bonds is 2. The Morgan fingerprint density at radius 3 is 2.68 bits per heavy atom. The quantitative estimate of drug-likeness (QED) is 0.849. The highest BCUT2D eigenvalue weighted by Gasteiger charge is 2.34. The highest BCUT2D eigenvalue weighted by Crippen LogP contribution is 2.35. The predicted octanol–water partition coefficient (Wildman–Crippen LogP) is 0.393. The maximum atomic E-state index is 12.4. The molecule has 0 saturated heterocycles. The Bertz CT molecular complexity index is 690. The average Bonchev–Trinajstić information content (AvgIpc) is 2.68. The zero-order chi connectivity index (χ0) is 14.4. The van der Waals surface area contributed by atoms with Gasteiger partial charge in [-0.25, -0.2) is 22.0 Å². The number of hydrogen-bond donors (Lipinski definition) is 1. The highest BCUT2D eigenvalue weighted by molar-refractivity contribution is 7.95. The molecule has 9 heteroatoms. The molecule has 1 aromatic heterocycles. The monoisotopic (exact) mass is 324 g/mol. The number of nitrogens with two attached hydrogens (primary N) is 1.